The molecule has 6 nitrogen and oxygen atoms in total. The summed E-state index contributed by atoms with van der Waals surface area (Å²) in [5.41, 5.74) is 1.91. The number of imide groups is 1. The second-order valence-electron chi connectivity index (χ2n) is 7.74. The van der Waals surface area contributed by atoms with Crippen molar-refractivity contribution in [3.05, 3.63) is 64.8 Å². The fourth-order valence-corrected chi connectivity index (χ4v) is 4.32. The van der Waals surface area contributed by atoms with Crippen molar-refractivity contribution in [3.63, 3.8) is 0 Å². The molecule has 0 radical (unpaired) electrons. The zero-order valence-electron chi connectivity index (χ0n) is 17.4. The number of nitrogens with zero attached hydrogens (tertiary/aromatic N) is 2. The first kappa shape index (κ1) is 21.4. The molecule has 0 bridgehead atoms. The van der Waals surface area contributed by atoms with Gasteiger partial charge in [-0.15, -0.1) is 0 Å². The summed E-state index contributed by atoms with van der Waals surface area (Å²) < 4.78 is 5.52. The monoisotopic (exact) mass is 440 g/mol. The summed E-state index contributed by atoms with van der Waals surface area (Å²) in [5, 5.41) is 10.2. The Hall–Kier alpha value is -2.83. The number of aliphatic hydroxyl groups excluding tert-OH is 1. The minimum absolute atomic E-state index is 0.0607. The number of anilines is 1. The summed E-state index contributed by atoms with van der Waals surface area (Å²) in [6.45, 7) is 3.72. The van der Waals surface area contributed by atoms with Gasteiger partial charge in [0.15, 0.2) is 0 Å². The molecule has 31 heavy (non-hydrogen) atoms. The largest absolute Gasteiger partial charge is 0.494 e. The van der Waals surface area contributed by atoms with Gasteiger partial charge in [-0.3, -0.25) is 9.59 Å². The van der Waals surface area contributed by atoms with Gasteiger partial charge in [-0.05, 0) is 67.6 Å². The summed E-state index contributed by atoms with van der Waals surface area (Å²) >= 11 is 6.00. The molecule has 2 aliphatic heterocycles. The number of benzene rings is 2. The van der Waals surface area contributed by atoms with Gasteiger partial charge in [0, 0.05) is 24.7 Å². The Balaban J connectivity index is 1.77. The molecular formula is C24H25ClN2O4. The number of rotatable bonds is 6. The molecule has 2 amide bonds. The van der Waals surface area contributed by atoms with Gasteiger partial charge in [0.1, 0.15) is 11.4 Å². The molecule has 2 heterocycles. The van der Waals surface area contributed by atoms with E-state index in [0.29, 0.717) is 53.0 Å². The van der Waals surface area contributed by atoms with Crippen molar-refractivity contribution in [2.45, 2.75) is 19.8 Å². The van der Waals surface area contributed by atoms with Crippen LogP contribution in [0.15, 0.2) is 54.2 Å². The average molecular weight is 441 g/mol. The maximum atomic E-state index is 13.5. The maximum Gasteiger partial charge on any atom is 0.282 e. The summed E-state index contributed by atoms with van der Waals surface area (Å²) in [6, 6.07) is 13.9. The number of hydrogen-bond donors (Lipinski definition) is 1. The predicted octanol–water partition coefficient (Wildman–Crippen LogP) is 3.73. The highest BCUT2D eigenvalue weighted by molar-refractivity contribution is 6.45. The molecule has 1 unspecified atom stereocenters. The topological polar surface area (TPSA) is 70.1 Å². The van der Waals surface area contributed by atoms with Crippen LogP contribution in [-0.2, 0) is 9.59 Å². The maximum absolute atomic E-state index is 13.5. The van der Waals surface area contributed by atoms with Crippen molar-refractivity contribution < 1.29 is 19.4 Å². The van der Waals surface area contributed by atoms with Crippen LogP contribution in [-0.4, -0.2) is 48.1 Å². The van der Waals surface area contributed by atoms with Gasteiger partial charge in [0.25, 0.3) is 11.8 Å². The molecule has 1 N–H and O–H groups in total. The minimum atomic E-state index is -0.363. The minimum Gasteiger partial charge on any atom is -0.494 e. The van der Waals surface area contributed by atoms with Crippen molar-refractivity contribution in [1.29, 1.82) is 0 Å². The predicted molar refractivity (Wildman–Crippen MR) is 120 cm³/mol. The SMILES string of the molecule is CCOc1ccc(C2=C(N3CCCC(CO)C3)C(=O)N(c3ccc(Cl)cc3)C2=O)cc1. The fraction of sp³-hybridized carbons (Fsp3) is 0.333. The smallest absolute Gasteiger partial charge is 0.282 e. The molecule has 2 aromatic carbocycles. The number of carbonyl (C=O) groups is 2. The van der Waals surface area contributed by atoms with E-state index in [-0.39, 0.29) is 24.3 Å². The number of piperidine rings is 1. The zero-order valence-corrected chi connectivity index (χ0v) is 18.1. The van der Waals surface area contributed by atoms with Crippen molar-refractivity contribution >= 4 is 34.7 Å². The van der Waals surface area contributed by atoms with Crippen molar-refractivity contribution in [2.24, 2.45) is 5.92 Å². The van der Waals surface area contributed by atoms with Crippen LogP contribution in [0.5, 0.6) is 5.75 Å². The van der Waals surface area contributed by atoms with E-state index < -0.39 is 0 Å². The van der Waals surface area contributed by atoms with Crippen LogP contribution in [0.25, 0.3) is 5.57 Å². The van der Waals surface area contributed by atoms with E-state index in [4.69, 9.17) is 16.3 Å². The van der Waals surface area contributed by atoms with E-state index >= 15 is 0 Å². The standard InChI is InChI=1S/C24H25ClN2O4/c1-2-31-20-11-5-17(6-12-20)21-22(26-13-3-4-16(14-26)15-28)24(30)27(23(21)29)19-9-7-18(25)8-10-19/h5-12,16,28H,2-4,13-15H2,1H3. The Morgan fingerprint density at radius 3 is 2.42 bits per heavy atom. The van der Waals surface area contributed by atoms with E-state index in [9.17, 15) is 14.7 Å². The second-order valence-corrected chi connectivity index (χ2v) is 8.18. The second kappa shape index (κ2) is 9.12. The Labute approximate surface area is 186 Å². The van der Waals surface area contributed by atoms with Gasteiger partial charge in [0.05, 0.1) is 17.9 Å². The third-order valence-corrected chi connectivity index (χ3v) is 5.94. The van der Waals surface area contributed by atoms with Crippen LogP contribution in [0.4, 0.5) is 5.69 Å². The molecule has 0 aliphatic carbocycles. The van der Waals surface area contributed by atoms with Crippen molar-refractivity contribution in [1.82, 2.24) is 4.90 Å². The number of ether oxygens (including phenoxy) is 1. The van der Waals surface area contributed by atoms with E-state index in [1.807, 2.05) is 24.0 Å². The third kappa shape index (κ3) is 4.18. The van der Waals surface area contributed by atoms with Crippen LogP contribution < -0.4 is 9.64 Å². The van der Waals surface area contributed by atoms with Crippen LogP contribution in [0, 0.1) is 5.92 Å². The fourth-order valence-electron chi connectivity index (χ4n) is 4.20. The number of hydrogen-bond acceptors (Lipinski definition) is 5. The van der Waals surface area contributed by atoms with Crippen LogP contribution in [0.2, 0.25) is 5.02 Å². The first-order valence-electron chi connectivity index (χ1n) is 10.5. The first-order chi connectivity index (χ1) is 15.0. The molecule has 7 heteroatoms. The van der Waals surface area contributed by atoms with Crippen molar-refractivity contribution in [2.75, 3.05) is 31.2 Å². The van der Waals surface area contributed by atoms with Crippen LogP contribution in [0.1, 0.15) is 25.3 Å². The number of halogens is 1. The van der Waals surface area contributed by atoms with Gasteiger partial charge in [-0.2, -0.15) is 0 Å². The number of amides is 2. The molecule has 0 saturated carbocycles. The quantitative estimate of drug-likeness (QED) is 0.693. The summed E-state index contributed by atoms with van der Waals surface area (Å²) in [6.07, 6.45) is 1.76. The highest BCUT2D eigenvalue weighted by atomic mass is 35.5. The number of aliphatic hydroxyl groups is 1. The summed E-state index contributed by atoms with van der Waals surface area (Å²) in [7, 11) is 0. The molecular weight excluding hydrogens is 416 g/mol. The van der Waals surface area contributed by atoms with Gasteiger partial charge in [0.2, 0.25) is 0 Å². The highest BCUT2D eigenvalue weighted by Crippen LogP contribution is 2.37. The lowest BCUT2D eigenvalue weighted by molar-refractivity contribution is -0.120. The van der Waals surface area contributed by atoms with E-state index in [1.165, 1.54) is 4.90 Å². The average Bonchev–Trinajstić information content (AvgIpc) is 3.05. The molecule has 1 saturated heterocycles. The lowest BCUT2D eigenvalue weighted by Gasteiger charge is -2.34. The van der Waals surface area contributed by atoms with Gasteiger partial charge in [-0.1, -0.05) is 23.7 Å². The Bertz CT molecular complexity index is 1000. The van der Waals surface area contributed by atoms with Gasteiger partial charge >= 0.3 is 0 Å². The summed E-state index contributed by atoms with van der Waals surface area (Å²) in [4.78, 5) is 30.2. The van der Waals surface area contributed by atoms with Crippen LogP contribution in [0.3, 0.4) is 0 Å². The van der Waals surface area contributed by atoms with E-state index in [0.717, 1.165) is 12.8 Å². The normalized spacial score (nSPS) is 19.4. The molecule has 2 aromatic rings. The lowest BCUT2D eigenvalue weighted by Crippen LogP contribution is -2.40. The molecule has 162 valence electrons. The highest BCUT2D eigenvalue weighted by Gasteiger charge is 2.43. The Morgan fingerprint density at radius 1 is 1.06 bits per heavy atom. The van der Waals surface area contributed by atoms with Crippen molar-refractivity contribution in [3.8, 4) is 5.75 Å². The van der Waals surface area contributed by atoms with E-state index in [2.05, 4.69) is 0 Å². The number of carbonyl (C=O) groups excluding carboxylic acids is 2. The van der Waals surface area contributed by atoms with Gasteiger partial charge < -0.3 is 14.7 Å². The Kier molecular flexibility index (Phi) is 6.30. The first-order valence-corrected chi connectivity index (χ1v) is 10.9. The summed E-state index contributed by atoms with van der Waals surface area (Å²) in [5.74, 6) is 0.0702. The molecule has 4 rings (SSSR count). The molecule has 1 fully saturated rings. The van der Waals surface area contributed by atoms with Gasteiger partial charge in [-0.25, -0.2) is 4.90 Å². The molecule has 0 aromatic heterocycles. The Morgan fingerprint density at radius 2 is 1.77 bits per heavy atom. The lowest BCUT2D eigenvalue weighted by atomic mass is 9.97. The molecule has 2 aliphatic rings. The van der Waals surface area contributed by atoms with E-state index in [1.54, 1.807) is 36.4 Å². The zero-order chi connectivity index (χ0) is 22.0. The number of likely N-dealkylation sites (tertiary alicyclic amines) is 1. The van der Waals surface area contributed by atoms with Crippen LogP contribution >= 0.6 is 11.6 Å². The third-order valence-electron chi connectivity index (χ3n) is 5.69. The molecule has 1 atom stereocenters. The molecule has 0 spiro atoms.